The molecule has 2 heterocycles. The number of rotatable bonds is 13. The summed E-state index contributed by atoms with van der Waals surface area (Å²) in [7, 11) is 0. The molecular formula is C38H34ClN2O7PS. The molecule has 1 aliphatic rings. The highest BCUT2D eigenvalue weighted by Crippen LogP contribution is 2.51. The van der Waals surface area contributed by atoms with E-state index in [0.717, 1.165) is 27.7 Å². The topological polar surface area (TPSA) is 112 Å². The van der Waals surface area contributed by atoms with Gasteiger partial charge in [0.1, 0.15) is 41.2 Å². The molecule has 1 fully saturated rings. The summed E-state index contributed by atoms with van der Waals surface area (Å²) in [6.07, 6.45) is 2.20. The monoisotopic (exact) mass is 728 g/mol. The fourth-order valence-electron chi connectivity index (χ4n) is 5.73. The van der Waals surface area contributed by atoms with Gasteiger partial charge in [0.2, 0.25) is 11.0 Å². The minimum absolute atomic E-state index is 0.0228. The highest BCUT2D eigenvalue weighted by atomic mass is 35.5. The summed E-state index contributed by atoms with van der Waals surface area (Å²) in [6, 6.07) is 31.4. The molecular weight excluding hydrogens is 695 g/mol. The van der Waals surface area contributed by atoms with E-state index in [9.17, 15) is 19.2 Å². The highest BCUT2D eigenvalue weighted by molar-refractivity contribution is 8.14. The molecule has 1 amide bonds. The van der Waals surface area contributed by atoms with Gasteiger partial charge in [-0.1, -0.05) is 140 Å². The molecule has 0 unspecified atom stereocenters. The molecule has 5 rings (SSSR count). The smallest absolute Gasteiger partial charge is 0.457 e. The summed E-state index contributed by atoms with van der Waals surface area (Å²) in [5.74, 6) is -2.38. The van der Waals surface area contributed by atoms with E-state index in [1.807, 2.05) is 91.0 Å². The molecule has 0 radical (unpaired) electrons. The van der Waals surface area contributed by atoms with Gasteiger partial charge in [0.15, 0.2) is 0 Å². The maximum atomic E-state index is 14.7. The van der Waals surface area contributed by atoms with Crippen LogP contribution in [0.25, 0.3) is 0 Å². The van der Waals surface area contributed by atoms with Crippen molar-refractivity contribution in [2.45, 2.75) is 18.4 Å². The molecule has 0 N–H and O–H groups in total. The lowest BCUT2D eigenvalue weighted by Crippen LogP contribution is -2.67. The van der Waals surface area contributed by atoms with Crippen LogP contribution in [0.2, 0.25) is 5.15 Å². The number of ether oxygens (including phenoxy) is 3. The maximum Gasteiger partial charge on any atom is 0.508 e. The van der Waals surface area contributed by atoms with Gasteiger partial charge in [-0.3, -0.25) is 14.5 Å². The number of β-lactam (4-membered cyclic amide) rings is 1. The zero-order valence-electron chi connectivity index (χ0n) is 27.1. The Balaban J connectivity index is 1.82. The summed E-state index contributed by atoms with van der Waals surface area (Å²) in [5, 5.41) is 0.727. The molecule has 0 spiro atoms. The van der Waals surface area contributed by atoms with Crippen molar-refractivity contribution in [3.63, 3.8) is 0 Å². The number of carbonyl (C=O) groups excluding carboxylic acids is 4. The Morgan fingerprint density at radius 2 is 1.38 bits per heavy atom. The van der Waals surface area contributed by atoms with Gasteiger partial charge in [0.05, 0.1) is 5.56 Å². The zero-order valence-corrected chi connectivity index (χ0v) is 29.6. The first-order valence-corrected chi connectivity index (χ1v) is 18.6. The first kappa shape index (κ1) is 36.4. The largest absolute Gasteiger partial charge is 0.508 e. The lowest BCUT2D eigenvalue weighted by Gasteiger charge is -2.50. The van der Waals surface area contributed by atoms with Gasteiger partial charge in [-0.2, -0.15) is 0 Å². The third-order valence-corrected chi connectivity index (χ3v) is 13.6. The van der Waals surface area contributed by atoms with Crippen molar-refractivity contribution < 1.29 is 33.4 Å². The fraction of sp³-hybridized carbons (Fsp3) is 0.158. The van der Waals surface area contributed by atoms with Crippen LogP contribution < -0.4 is 15.9 Å². The molecule has 1 aliphatic heterocycles. The van der Waals surface area contributed by atoms with Crippen molar-refractivity contribution in [2.24, 2.45) is 5.92 Å². The van der Waals surface area contributed by atoms with Gasteiger partial charge >= 0.3 is 12.1 Å². The molecule has 50 heavy (non-hydrogen) atoms. The number of aromatic nitrogens is 1. The van der Waals surface area contributed by atoms with Crippen LogP contribution in [0.15, 0.2) is 135 Å². The number of amides is 1. The summed E-state index contributed by atoms with van der Waals surface area (Å²) < 4.78 is 16.3. The van der Waals surface area contributed by atoms with E-state index in [0.29, 0.717) is 0 Å². The first-order chi connectivity index (χ1) is 24.2. The molecule has 4 aromatic rings. The average Bonchev–Trinajstić information content (AvgIpc) is 3.14. The molecule has 1 aromatic heterocycles. The van der Waals surface area contributed by atoms with Crippen molar-refractivity contribution in [1.82, 2.24) is 9.88 Å². The van der Waals surface area contributed by atoms with E-state index >= 15 is 0 Å². The van der Waals surface area contributed by atoms with Gasteiger partial charge in [0, 0.05) is 13.1 Å². The first-order valence-electron chi connectivity index (χ1n) is 15.6. The minimum atomic E-state index is -3.27. The third kappa shape index (κ3) is 7.33. The third-order valence-electron chi connectivity index (χ3n) is 7.89. The molecule has 3 atom stereocenters. The normalized spacial score (nSPS) is 16.0. The van der Waals surface area contributed by atoms with Gasteiger partial charge in [-0.15, -0.1) is 0 Å². The van der Waals surface area contributed by atoms with Crippen LogP contribution >= 0.6 is 30.2 Å². The number of nitrogens with zero attached hydrogens (tertiary/aromatic N) is 2. The second kappa shape index (κ2) is 16.7. The zero-order chi connectivity index (χ0) is 35.7. The van der Waals surface area contributed by atoms with Crippen LogP contribution in [0.1, 0.15) is 17.3 Å². The molecule has 0 bridgehead atoms. The predicted octanol–water partition coefficient (Wildman–Crippen LogP) is 5.97. The Bertz CT molecular complexity index is 1840. The van der Waals surface area contributed by atoms with Crippen molar-refractivity contribution in [2.75, 3.05) is 13.2 Å². The number of thioether (sulfide) groups is 1. The number of carbonyl (C=O) groups is 4. The van der Waals surface area contributed by atoms with Crippen LogP contribution in [0, 0.1) is 5.92 Å². The van der Waals surface area contributed by atoms with Gasteiger partial charge in [-0.05, 0) is 35.0 Å². The lowest BCUT2D eigenvalue weighted by molar-refractivity contribution is -0.152. The molecule has 3 aromatic carbocycles. The van der Waals surface area contributed by atoms with Crippen LogP contribution in [0.4, 0.5) is 4.79 Å². The second-order valence-corrected chi connectivity index (χ2v) is 15.7. The molecule has 12 heteroatoms. The maximum absolute atomic E-state index is 14.7. The lowest BCUT2D eigenvalue weighted by atomic mass is 9.92. The van der Waals surface area contributed by atoms with E-state index in [1.165, 1.54) is 36.2 Å². The van der Waals surface area contributed by atoms with Crippen molar-refractivity contribution in [3.8, 4) is 0 Å². The Morgan fingerprint density at radius 3 is 1.88 bits per heavy atom. The summed E-state index contributed by atoms with van der Waals surface area (Å²) in [5.41, 5.74) is 0.162. The average molecular weight is 729 g/mol. The molecule has 0 saturated carbocycles. The Kier molecular flexibility index (Phi) is 12.1. The second-order valence-electron chi connectivity index (χ2n) is 10.9. The summed E-state index contributed by atoms with van der Waals surface area (Å²) >= 11 is 7.11. The quantitative estimate of drug-likeness (QED) is 0.0540. The summed E-state index contributed by atoms with van der Waals surface area (Å²) in [6.45, 7) is 5.27. The van der Waals surface area contributed by atoms with Crippen LogP contribution in [0.5, 0.6) is 0 Å². The Morgan fingerprint density at radius 1 is 0.860 bits per heavy atom. The number of halogens is 1. The van der Waals surface area contributed by atoms with Crippen molar-refractivity contribution >= 4 is 74.7 Å². The number of likely N-dealkylation sites (tertiary alicyclic amines) is 1. The molecule has 0 aliphatic carbocycles. The number of hydrogen-bond donors (Lipinski definition) is 0. The molecule has 1 saturated heterocycles. The van der Waals surface area contributed by atoms with E-state index in [4.69, 9.17) is 25.8 Å². The number of benzene rings is 3. The molecule has 256 valence electrons. The van der Waals surface area contributed by atoms with E-state index in [-0.39, 0.29) is 29.3 Å². The number of pyridine rings is 1. The van der Waals surface area contributed by atoms with E-state index in [1.54, 1.807) is 6.07 Å². The molecule has 9 nitrogen and oxygen atoms in total. The van der Waals surface area contributed by atoms with Gasteiger partial charge < -0.3 is 14.2 Å². The number of hydrogen-bond acceptors (Lipinski definition) is 9. The van der Waals surface area contributed by atoms with Crippen molar-refractivity contribution in [1.29, 1.82) is 0 Å². The van der Waals surface area contributed by atoms with Gasteiger partial charge in [0.25, 0.3) is 0 Å². The summed E-state index contributed by atoms with van der Waals surface area (Å²) in [4.78, 5) is 61.1. The van der Waals surface area contributed by atoms with Crippen LogP contribution in [0.3, 0.4) is 0 Å². The Hall–Kier alpha value is -4.89. The fourth-order valence-corrected chi connectivity index (χ4v) is 11.8. The predicted molar refractivity (Wildman–Crippen MR) is 199 cm³/mol. The van der Waals surface area contributed by atoms with E-state index in [2.05, 4.69) is 18.1 Å². The highest BCUT2D eigenvalue weighted by Gasteiger charge is 2.57. The van der Waals surface area contributed by atoms with Gasteiger partial charge in [-0.25, -0.2) is 14.6 Å². The van der Waals surface area contributed by atoms with Crippen LogP contribution in [-0.2, 0) is 23.8 Å². The van der Waals surface area contributed by atoms with Crippen LogP contribution in [-0.4, -0.2) is 63.1 Å². The van der Waals surface area contributed by atoms with Crippen molar-refractivity contribution in [3.05, 3.63) is 145 Å². The van der Waals surface area contributed by atoms with E-state index < -0.39 is 47.4 Å². The SMILES string of the molecule is C=CCOC(=O)O[C@H](C)[C@H]1C(=O)N(C(C(=O)OCC=C)=P(c2ccccc2)(c2ccccc2)c2ccccc2)[C@@H]1SC(=O)c1cccnc1Cl. The minimum Gasteiger partial charge on any atom is -0.457 e. The Labute approximate surface area is 299 Å². The standard InChI is InChI=1S/C38H34ClN2O7PS/c1-4-24-46-36(43)34(49(27-16-9-6-10-17-27,28-18-11-7-12-19-28)29-20-13-8-14-21-29)41-33(42)31(26(3)48-38(45)47-25-5-2)35(41)50-37(44)30-22-15-23-40-32(30)39/h4-23,26,31,35H,1-2,24-25H2,3H3/t26-,31+,35-/m1/s1. The number of esters is 1.